The summed E-state index contributed by atoms with van der Waals surface area (Å²) < 4.78 is 41.0. The lowest BCUT2D eigenvalue weighted by Gasteiger charge is -2.44. The number of alkyl halides is 3. The Hall–Kier alpha value is -2.10. The molecule has 0 spiro atoms. The Morgan fingerprint density at radius 2 is 2.00 bits per heavy atom. The smallest absolute Gasteiger partial charge is 0.363 e. The molecule has 0 bridgehead atoms. The van der Waals surface area contributed by atoms with Gasteiger partial charge in [0.25, 0.3) is 0 Å². The summed E-state index contributed by atoms with van der Waals surface area (Å²) >= 11 is 6.84. The Bertz CT molecular complexity index is 844. The molecule has 3 N–H and O–H groups in total. The lowest BCUT2D eigenvalue weighted by Crippen LogP contribution is -2.72. The zero-order chi connectivity index (χ0) is 19.1. The number of ketones is 1. The van der Waals surface area contributed by atoms with E-state index < -0.39 is 35.7 Å². The van der Waals surface area contributed by atoms with E-state index in [4.69, 9.17) is 11.6 Å². The minimum atomic E-state index is -5.28. The zero-order valence-corrected chi connectivity index (χ0v) is 14.5. The van der Waals surface area contributed by atoms with Crippen LogP contribution in [0, 0.1) is 5.92 Å². The van der Waals surface area contributed by atoms with Crippen LogP contribution < -0.4 is 10.6 Å². The largest absolute Gasteiger partial charge is 0.437 e. The normalized spacial score (nSPS) is 26.1. The van der Waals surface area contributed by atoms with Crippen LogP contribution in [-0.2, 0) is 0 Å². The van der Waals surface area contributed by atoms with Gasteiger partial charge in [-0.2, -0.15) is 13.2 Å². The highest BCUT2D eigenvalue weighted by molar-refractivity contribution is 7.12. The van der Waals surface area contributed by atoms with Gasteiger partial charge in [0.05, 0.1) is 10.9 Å². The Kier molecular flexibility index (Phi) is 4.72. The second-order valence-electron chi connectivity index (χ2n) is 5.71. The van der Waals surface area contributed by atoms with Gasteiger partial charge in [-0.3, -0.25) is 4.79 Å². The Balaban J connectivity index is 2.16. The number of halogens is 4. The highest BCUT2D eigenvalue weighted by Crippen LogP contribution is 2.44. The number of hydrogen-bond donors (Lipinski definition) is 3. The number of amides is 2. The van der Waals surface area contributed by atoms with Gasteiger partial charge < -0.3 is 15.7 Å². The van der Waals surface area contributed by atoms with E-state index in [0.29, 0.717) is 0 Å². The molecule has 0 radical (unpaired) electrons. The Labute approximate surface area is 154 Å². The Morgan fingerprint density at radius 1 is 1.27 bits per heavy atom. The van der Waals surface area contributed by atoms with Crippen molar-refractivity contribution >= 4 is 34.8 Å². The summed E-state index contributed by atoms with van der Waals surface area (Å²) in [5.41, 5.74) is -3.56. The third-order valence-electron chi connectivity index (χ3n) is 4.06. The van der Waals surface area contributed by atoms with Crippen molar-refractivity contribution in [1.82, 2.24) is 10.6 Å². The van der Waals surface area contributed by atoms with E-state index >= 15 is 0 Å². The summed E-state index contributed by atoms with van der Waals surface area (Å²) in [7, 11) is 0. The van der Waals surface area contributed by atoms with Crippen LogP contribution in [0.2, 0.25) is 5.02 Å². The zero-order valence-electron chi connectivity index (χ0n) is 12.9. The van der Waals surface area contributed by atoms with Crippen LogP contribution >= 0.6 is 22.9 Å². The van der Waals surface area contributed by atoms with Crippen LogP contribution in [0.25, 0.3) is 0 Å². The number of hydrogen-bond acceptors (Lipinski definition) is 4. The average Bonchev–Trinajstić information content (AvgIpc) is 3.07. The minimum absolute atomic E-state index is 0.0302. The molecule has 138 valence electrons. The molecule has 0 aliphatic carbocycles. The molecule has 2 amide bonds. The molecule has 26 heavy (non-hydrogen) atoms. The summed E-state index contributed by atoms with van der Waals surface area (Å²) in [6.07, 6.45) is -5.28. The maximum absolute atomic E-state index is 13.7. The first-order valence-electron chi connectivity index (χ1n) is 7.34. The molecule has 10 heteroatoms. The van der Waals surface area contributed by atoms with Crippen molar-refractivity contribution in [2.45, 2.75) is 17.9 Å². The van der Waals surface area contributed by atoms with E-state index in [1.54, 1.807) is 0 Å². The standard InChI is InChI=1S/C16H12ClF3N2O3S/c17-9-4-1-3-8(7-9)12-11(13(23)10-5-2-6-26-10)15(25,16(18,19)20)22-14(24)21-12/h1-7,11-12,25H,(H2,21,22,24). The van der Waals surface area contributed by atoms with Gasteiger partial charge in [-0.15, -0.1) is 11.3 Å². The monoisotopic (exact) mass is 404 g/mol. The molecule has 1 aliphatic heterocycles. The summed E-state index contributed by atoms with van der Waals surface area (Å²) in [5, 5.41) is 15.9. The third kappa shape index (κ3) is 3.17. The first-order chi connectivity index (χ1) is 12.1. The van der Waals surface area contributed by atoms with Crippen molar-refractivity contribution in [2.75, 3.05) is 0 Å². The van der Waals surface area contributed by atoms with E-state index in [1.807, 2.05) is 0 Å². The SMILES string of the molecule is O=C1NC(c2cccc(Cl)c2)C(C(=O)c2cccs2)C(O)(C(F)(F)F)N1. The molecule has 2 aromatic rings. The van der Waals surface area contributed by atoms with Crippen LogP contribution in [0.3, 0.4) is 0 Å². The molecule has 3 rings (SSSR count). The topological polar surface area (TPSA) is 78.4 Å². The first kappa shape index (κ1) is 18.7. The number of carbonyl (C=O) groups excluding carboxylic acids is 2. The van der Waals surface area contributed by atoms with Crippen molar-refractivity contribution in [3.8, 4) is 0 Å². The van der Waals surface area contributed by atoms with Gasteiger partial charge in [-0.05, 0) is 29.1 Å². The summed E-state index contributed by atoms with van der Waals surface area (Å²) in [4.78, 5) is 24.7. The van der Waals surface area contributed by atoms with Gasteiger partial charge in [0.2, 0.25) is 5.72 Å². The van der Waals surface area contributed by atoms with Crippen LogP contribution in [-0.4, -0.2) is 28.8 Å². The maximum atomic E-state index is 13.7. The summed E-state index contributed by atoms with van der Waals surface area (Å²) in [5.74, 6) is -2.99. The molecular formula is C16H12ClF3N2O3S. The fourth-order valence-electron chi connectivity index (χ4n) is 2.89. The molecule has 1 aromatic carbocycles. The highest BCUT2D eigenvalue weighted by Gasteiger charge is 2.66. The van der Waals surface area contributed by atoms with Gasteiger partial charge in [-0.25, -0.2) is 4.79 Å². The second-order valence-corrected chi connectivity index (χ2v) is 7.10. The predicted molar refractivity (Wildman–Crippen MR) is 89.0 cm³/mol. The fraction of sp³-hybridized carbons (Fsp3) is 0.250. The molecule has 0 saturated carbocycles. The predicted octanol–water partition coefficient (Wildman–Crippen LogP) is 3.51. The second kappa shape index (κ2) is 6.57. The number of aliphatic hydroxyl groups is 1. The van der Waals surface area contributed by atoms with Crippen molar-refractivity contribution < 1.29 is 27.9 Å². The lowest BCUT2D eigenvalue weighted by atomic mass is 9.78. The van der Waals surface area contributed by atoms with Crippen LogP contribution in [0.15, 0.2) is 41.8 Å². The summed E-state index contributed by atoms with van der Waals surface area (Å²) in [6, 6.07) is 5.93. The van der Waals surface area contributed by atoms with Crippen LogP contribution in [0.5, 0.6) is 0 Å². The quantitative estimate of drug-likeness (QED) is 0.685. The van der Waals surface area contributed by atoms with E-state index in [9.17, 15) is 27.9 Å². The Morgan fingerprint density at radius 3 is 2.58 bits per heavy atom. The van der Waals surface area contributed by atoms with Gasteiger partial charge in [0.15, 0.2) is 5.78 Å². The third-order valence-corrected chi connectivity index (χ3v) is 5.18. The van der Waals surface area contributed by atoms with E-state index in [-0.39, 0.29) is 15.5 Å². The number of urea groups is 1. The van der Waals surface area contributed by atoms with E-state index in [2.05, 4.69) is 5.32 Å². The number of thiophene rings is 1. The molecule has 1 fully saturated rings. The summed E-state index contributed by atoms with van der Waals surface area (Å²) in [6.45, 7) is 0. The number of Topliss-reactive ketones (excluding diaryl/α,β-unsaturated/α-hetero) is 1. The van der Waals surface area contributed by atoms with Crippen molar-refractivity contribution in [1.29, 1.82) is 0 Å². The minimum Gasteiger partial charge on any atom is -0.363 e. The van der Waals surface area contributed by atoms with Gasteiger partial charge in [0.1, 0.15) is 5.92 Å². The number of nitrogens with one attached hydrogen (secondary N) is 2. The molecule has 3 atom stereocenters. The average molecular weight is 405 g/mol. The molecule has 2 heterocycles. The molecule has 3 unspecified atom stereocenters. The first-order valence-corrected chi connectivity index (χ1v) is 8.60. The number of carbonyl (C=O) groups is 2. The van der Waals surface area contributed by atoms with Gasteiger partial charge in [-0.1, -0.05) is 29.8 Å². The molecule has 1 saturated heterocycles. The maximum Gasteiger partial charge on any atom is 0.437 e. The lowest BCUT2D eigenvalue weighted by molar-refractivity contribution is -0.287. The van der Waals surface area contributed by atoms with Crippen molar-refractivity contribution in [3.63, 3.8) is 0 Å². The van der Waals surface area contributed by atoms with Crippen LogP contribution in [0.4, 0.5) is 18.0 Å². The molecular weight excluding hydrogens is 393 g/mol. The van der Waals surface area contributed by atoms with Crippen molar-refractivity contribution in [3.05, 3.63) is 57.2 Å². The fourth-order valence-corrected chi connectivity index (χ4v) is 3.79. The van der Waals surface area contributed by atoms with E-state index in [1.165, 1.54) is 47.1 Å². The number of rotatable bonds is 3. The van der Waals surface area contributed by atoms with Crippen molar-refractivity contribution in [2.24, 2.45) is 5.92 Å². The van der Waals surface area contributed by atoms with Gasteiger partial charge in [0, 0.05) is 5.02 Å². The van der Waals surface area contributed by atoms with Gasteiger partial charge >= 0.3 is 12.2 Å². The number of benzene rings is 1. The molecule has 1 aromatic heterocycles. The van der Waals surface area contributed by atoms with E-state index in [0.717, 1.165) is 11.3 Å². The van der Waals surface area contributed by atoms with Crippen LogP contribution in [0.1, 0.15) is 21.3 Å². The molecule has 1 aliphatic rings. The molecule has 5 nitrogen and oxygen atoms in total. The highest BCUT2D eigenvalue weighted by atomic mass is 35.5.